The summed E-state index contributed by atoms with van der Waals surface area (Å²) in [7, 11) is 1.34. The average molecular weight is 421 g/mol. The quantitative estimate of drug-likeness (QED) is 0.584. The van der Waals surface area contributed by atoms with Crippen molar-refractivity contribution in [3.05, 3.63) is 59.7 Å². The maximum Gasteiger partial charge on any atom is 0.416 e. The third-order valence-corrected chi connectivity index (χ3v) is 4.81. The second-order valence-electron chi connectivity index (χ2n) is 6.76. The third-order valence-electron chi connectivity index (χ3n) is 4.81. The number of benzene rings is 2. The fourth-order valence-electron chi connectivity index (χ4n) is 3.30. The van der Waals surface area contributed by atoms with Crippen LogP contribution in [0.15, 0.2) is 47.0 Å². The van der Waals surface area contributed by atoms with Gasteiger partial charge in [0.15, 0.2) is 11.6 Å². The Morgan fingerprint density at radius 2 is 2.00 bits per heavy atom. The number of anilines is 1. The minimum Gasteiger partial charge on any atom is -0.494 e. The van der Waals surface area contributed by atoms with Gasteiger partial charge in [0.25, 0.3) is 0 Å². The maximum absolute atomic E-state index is 14.0. The molecular weight excluding hydrogens is 406 g/mol. The third kappa shape index (κ3) is 3.72. The minimum absolute atomic E-state index is 0.00232. The van der Waals surface area contributed by atoms with Crippen LogP contribution < -0.4 is 9.64 Å². The van der Waals surface area contributed by atoms with E-state index in [1.165, 1.54) is 36.3 Å². The average Bonchev–Trinajstić information content (AvgIpc) is 3.34. The number of nitrogens with zero attached hydrogens (tertiary/aromatic N) is 3. The van der Waals surface area contributed by atoms with E-state index in [-0.39, 0.29) is 41.9 Å². The van der Waals surface area contributed by atoms with Gasteiger partial charge in [-0.2, -0.15) is 18.2 Å². The Morgan fingerprint density at radius 3 is 2.70 bits per heavy atom. The SMILES string of the molecule is COc1ccc(N2CC(c3nc(-c4cccc(C(F)(F)F)c4)no3)CC2=O)cc1F. The van der Waals surface area contributed by atoms with E-state index in [1.807, 2.05) is 0 Å². The number of alkyl halides is 3. The first-order valence-corrected chi connectivity index (χ1v) is 8.91. The van der Waals surface area contributed by atoms with Gasteiger partial charge >= 0.3 is 6.18 Å². The van der Waals surface area contributed by atoms with Gasteiger partial charge in [0.05, 0.1) is 18.6 Å². The Balaban J connectivity index is 1.55. The minimum atomic E-state index is -4.49. The lowest BCUT2D eigenvalue weighted by Crippen LogP contribution is -2.24. The first-order chi connectivity index (χ1) is 14.3. The second kappa shape index (κ2) is 7.43. The summed E-state index contributed by atoms with van der Waals surface area (Å²) in [6.45, 7) is 0.175. The standard InChI is InChI=1S/C20H15F4N3O3/c1-29-16-6-5-14(9-15(16)21)27-10-12(8-17(27)28)19-25-18(26-30-19)11-3-2-4-13(7-11)20(22,23)24/h2-7,9,12H,8,10H2,1H3. The Morgan fingerprint density at radius 1 is 1.20 bits per heavy atom. The summed E-state index contributed by atoms with van der Waals surface area (Å²) in [4.78, 5) is 18.0. The Bertz CT molecular complexity index is 1100. The molecule has 0 spiro atoms. The maximum atomic E-state index is 14.0. The summed E-state index contributed by atoms with van der Waals surface area (Å²) in [6.07, 6.45) is -4.44. The number of hydrogen-bond acceptors (Lipinski definition) is 5. The van der Waals surface area contributed by atoms with Crippen molar-refractivity contribution >= 4 is 11.6 Å². The van der Waals surface area contributed by atoms with E-state index in [4.69, 9.17) is 9.26 Å². The van der Waals surface area contributed by atoms with Crippen LogP contribution in [0.1, 0.15) is 23.8 Å². The molecule has 6 nitrogen and oxygen atoms in total. The van der Waals surface area contributed by atoms with Crippen LogP contribution in [0.3, 0.4) is 0 Å². The molecule has 0 N–H and O–H groups in total. The van der Waals surface area contributed by atoms with Gasteiger partial charge in [0, 0.05) is 30.3 Å². The van der Waals surface area contributed by atoms with Crippen LogP contribution >= 0.6 is 0 Å². The van der Waals surface area contributed by atoms with Crippen LogP contribution in [0.4, 0.5) is 23.2 Å². The number of hydrogen-bond donors (Lipinski definition) is 0. The van der Waals surface area contributed by atoms with Crippen molar-refractivity contribution < 1.29 is 31.6 Å². The zero-order valence-electron chi connectivity index (χ0n) is 15.6. The smallest absolute Gasteiger partial charge is 0.416 e. The number of carbonyl (C=O) groups excluding carboxylic acids is 1. The number of carbonyl (C=O) groups is 1. The summed E-state index contributed by atoms with van der Waals surface area (Å²) < 4.78 is 62.8. The largest absolute Gasteiger partial charge is 0.494 e. The topological polar surface area (TPSA) is 68.5 Å². The van der Waals surface area contributed by atoms with Gasteiger partial charge in [-0.05, 0) is 24.3 Å². The first kappa shape index (κ1) is 19.9. The van der Waals surface area contributed by atoms with E-state index in [1.54, 1.807) is 6.07 Å². The van der Waals surface area contributed by atoms with Crippen molar-refractivity contribution in [3.63, 3.8) is 0 Å². The molecule has 0 saturated carbocycles. The predicted molar refractivity (Wildman–Crippen MR) is 97.4 cm³/mol. The van der Waals surface area contributed by atoms with Gasteiger partial charge in [-0.25, -0.2) is 4.39 Å². The number of methoxy groups -OCH3 is 1. The zero-order chi connectivity index (χ0) is 21.5. The van der Waals surface area contributed by atoms with E-state index in [2.05, 4.69) is 10.1 Å². The molecule has 1 atom stereocenters. The number of aromatic nitrogens is 2. The molecule has 156 valence electrons. The van der Waals surface area contributed by atoms with Crippen molar-refractivity contribution in [2.45, 2.75) is 18.5 Å². The molecule has 1 saturated heterocycles. The van der Waals surface area contributed by atoms with Crippen LogP contribution in [-0.2, 0) is 11.0 Å². The fourth-order valence-corrected chi connectivity index (χ4v) is 3.30. The van der Waals surface area contributed by atoms with E-state index >= 15 is 0 Å². The van der Waals surface area contributed by atoms with Gasteiger partial charge in [-0.3, -0.25) is 4.79 Å². The normalized spacial score (nSPS) is 16.9. The van der Waals surface area contributed by atoms with Crippen molar-refractivity contribution in [1.29, 1.82) is 0 Å². The summed E-state index contributed by atoms with van der Waals surface area (Å²) in [5.41, 5.74) is -0.313. The molecule has 0 radical (unpaired) electrons. The molecule has 30 heavy (non-hydrogen) atoms. The molecule has 4 rings (SSSR count). The van der Waals surface area contributed by atoms with Crippen LogP contribution in [0.2, 0.25) is 0 Å². The van der Waals surface area contributed by atoms with Crippen molar-refractivity contribution in [1.82, 2.24) is 10.1 Å². The summed E-state index contributed by atoms with van der Waals surface area (Å²) in [5.74, 6) is -1.14. The lowest BCUT2D eigenvalue weighted by molar-refractivity contribution is -0.137. The molecule has 1 aromatic heterocycles. The Hall–Kier alpha value is -3.43. The van der Waals surface area contributed by atoms with Gasteiger partial charge in [-0.1, -0.05) is 17.3 Å². The molecule has 1 unspecified atom stereocenters. The molecule has 1 amide bonds. The highest BCUT2D eigenvalue weighted by Crippen LogP contribution is 2.35. The summed E-state index contributed by atoms with van der Waals surface area (Å²) in [5, 5.41) is 3.75. The molecule has 0 bridgehead atoms. The second-order valence-corrected chi connectivity index (χ2v) is 6.76. The van der Waals surface area contributed by atoms with Crippen LogP contribution in [0.25, 0.3) is 11.4 Å². The molecule has 0 aliphatic carbocycles. The predicted octanol–water partition coefficient (Wildman–Crippen LogP) is 4.42. The van der Waals surface area contributed by atoms with Gasteiger partial charge in [-0.15, -0.1) is 0 Å². The van der Waals surface area contributed by atoms with E-state index < -0.39 is 23.5 Å². The van der Waals surface area contributed by atoms with Gasteiger partial charge in [0.2, 0.25) is 17.6 Å². The zero-order valence-corrected chi connectivity index (χ0v) is 15.6. The van der Waals surface area contributed by atoms with Gasteiger partial charge in [0.1, 0.15) is 0 Å². The molecule has 1 aliphatic rings. The Labute approximate surface area is 168 Å². The fraction of sp³-hybridized carbons (Fsp3) is 0.250. The molecule has 1 aliphatic heterocycles. The Kier molecular flexibility index (Phi) is 4.92. The van der Waals surface area contributed by atoms with Crippen molar-refractivity contribution in [3.8, 4) is 17.1 Å². The lowest BCUT2D eigenvalue weighted by atomic mass is 10.1. The molecule has 2 heterocycles. The first-order valence-electron chi connectivity index (χ1n) is 8.91. The van der Waals surface area contributed by atoms with Crippen LogP contribution in [0, 0.1) is 5.82 Å². The highest BCUT2D eigenvalue weighted by atomic mass is 19.4. The molecule has 3 aromatic rings. The number of rotatable bonds is 4. The number of amides is 1. The van der Waals surface area contributed by atoms with Crippen LogP contribution in [-0.4, -0.2) is 29.7 Å². The molecular formula is C20H15F4N3O3. The molecule has 2 aromatic carbocycles. The number of ether oxygens (including phenoxy) is 1. The van der Waals surface area contributed by atoms with Gasteiger partial charge < -0.3 is 14.2 Å². The highest BCUT2D eigenvalue weighted by Gasteiger charge is 2.36. The van der Waals surface area contributed by atoms with Crippen LogP contribution in [0.5, 0.6) is 5.75 Å². The van der Waals surface area contributed by atoms with E-state index in [0.29, 0.717) is 5.69 Å². The summed E-state index contributed by atoms with van der Waals surface area (Å²) in [6, 6.07) is 8.75. The number of halogens is 4. The highest BCUT2D eigenvalue weighted by molar-refractivity contribution is 5.96. The monoisotopic (exact) mass is 421 g/mol. The van der Waals surface area contributed by atoms with Crippen molar-refractivity contribution in [2.75, 3.05) is 18.6 Å². The van der Waals surface area contributed by atoms with Crippen molar-refractivity contribution in [2.24, 2.45) is 0 Å². The van der Waals surface area contributed by atoms with E-state index in [0.717, 1.165) is 12.1 Å². The van der Waals surface area contributed by atoms with E-state index in [9.17, 15) is 22.4 Å². The molecule has 10 heteroatoms. The summed E-state index contributed by atoms with van der Waals surface area (Å²) >= 11 is 0. The lowest BCUT2D eigenvalue weighted by Gasteiger charge is -2.16. The molecule has 1 fully saturated rings.